The van der Waals surface area contributed by atoms with Crippen molar-refractivity contribution in [2.45, 2.75) is 31.7 Å². The average Bonchev–Trinajstić information content (AvgIpc) is 2.52. The first kappa shape index (κ1) is 19.6. The number of ether oxygens (including phenoxy) is 2. The van der Waals surface area contributed by atoms with Crippen LogP contribution in [0.2, 0.25) is 0 Å². The van der Waals surface area contributed by atoms with Gasteiger partial charge in [0, 0.05) is 18.0 Å². The van der Waals surface area contributed by atoms with Crippen LogP contribution in [0, 0.1) is 11.8 Å². The maximum absolute atomic E-state index is 11.3. The quantitative estimate of drug-likeness (QED) is 0.637. The van der Waals surface area contributed by atoms with Gasteiger partial charge in [0.25, 0.3) is 0 Å². The van der Waals surface area contributed by atoms with Crippen LogP contribution in [0.3, 0.4) is 0 Å². The van der Waals surface area contributed by atoms with Gasteiger partial charge in [-0.1, -0.05) is 13.8 Å². The Kier molecular flexibility index (Phi) is 8.26. The summed E-state index contributed by atoms with van der Waals surface area (Å²) in [5, 5.41) is 12.6. The van der Waals surface area contributed by atoms with Crippen molar-refractivity contribution in [3.8, 4) is 11.5 Å². The van der Waals surface area contributed by atoms with Crippen molar-refractivity contribution in [3.05, 3.63) is 17.7 Å². The van der Waals surface area contributed by atoms with Crippen LogP contribution in [-0.4, -0.2) is 38.1 Å². The molecule has 0 radical (unpaired) electrons. The van der Waals surface area contributed by atoms with Gasteiger partial charge in [-0.15, -0.1) is 11.8 Å². The molecule has 1 atom stereocenters. The molecule has 23 heavy (non-hydrogen) atoms. The predicted molar refractivity (Wildman–Crippen MR) is 93.6 cm³/mol. The van der Waals surface area contributed by atoms with Gasteiger partial charge < -0.3 is 19.9 Å². The predicted octanol–water partition coefficient (Wildman–Crippen LogP) is 3.26. The van der Waals surface area contributed by atoms with Gasteiger partial charge in [-0.05, 0) is 36.3 Å². The molecule has 1 aromatic rings. The highest BCUT2D eigenvalue weighted by Crippen LogP contribution is 2.34. The summed E-state index contributed by atoms with van der Waals surface area (Å²) in [6, 6.07) is 3.89. The molecule has 1 unspecified atom stereocenters. The van der Waals surface area contributed by atoms with E-state index in [0.29, 0.717) is 36.9 Å². The van der Waals surface area contributed by atoms with Gasteiger partial charge in [-0.2, -0.15) is 0 Å². The Labute approximate surface area is 142 Å². The van der Waals surface area contributed by atoms with E-state index in [-0.39, 0.29) is 5.92 Å². The van der Waals surface area contributed by atoms with E-state index in [1.165, 1.54) is 0 Å². The molecule has 5 nitrogen and oxygen atoms in total. The van der Waals surface area contributed by atoms with Crippen LogP contribution in [0.4, 0.5) is 0 Å². The highest BCUT2D eigenvalue weighted by atomic mass is 32.2. The molecule has 0 spiro atoms. The molecule has 0 bridgehead atoms. The standard InChI is InChI=1S/C17H27NO4S/c1-11(2)6-13(17(19)20)10-18-9-12-7-14(21-3)15(22-4)8-16(12)23-5/h7-8,11,13,18H,6,9-10H2,1-5H3,(H,19,20). The fourth-order valence-electron chi connectivity index (χ4n) is 2.45. The number of carboxylic acids is 1. The van der Waals surface area contributed by atoms with Crippen LogP contribution in [0.5, 0.6) is 11.5 Å². The highest BCUT2D eigenvalue weighted by Gasteiger charge is 2.19. The highest BCUT2D eigenvalue weighted by molar-refractivity contribution is 7.98. The van der Waals surface area contributed by atoms with E-state index >= 15 is 0 Å². The maximum Gasteiger partial charge on any atom is 0.307 e. The van der Waals surface area contributed by atoms with Gasteiger partial charge in [0.15, 0.2) is 11.5 Å². The van der Waals surface area contributed by atoms with Crippen molar-refractivity contribution in [2.24, 2.45) is 11.8 Å². The van der Waals surface area contributed by atoms with Crippen LogP contribution < -0.4 is 14.8 Å². The largest absolute Gasteiger partial charge is 0.493 e. The van der Waals surface area contributed by atoms with Crippen molar-refractivity contribution in [1.29, 1.82) is 0 Å². The molecule has 0 aliphatic rings. The molecule has 0 aliphatic carbocycles. The molecule has 1 aromatic carbocycles. The number of methoxy groups -OCH3 is 2. The van der Waals surface area contributed by atoms with E-state index in [9.17, 15) is 9.90 Å². The molecule has 130 valence electrons. The topological polar surface area (TPSA) is 67.8 Å². The van der Waals surface area contributed by atoms with E-state index in [2.05, 4.69) is 5.32 Å². The van der Waals surface area contributed by atoms with Gasteiger partial charge in [-0.3, -0.25) is 4.79 Å². The van der Waals surface area contributed by atoms with Crippen molar-refractivity contribution in [2.75, 3.05) is 27.0 Å². The summed E-state index contributed by atoms with van der Waals surface area (Å²) in [5.41, 5.74) is 1.07. The van der Waals surface area contributed by atoms with E-state index in [1.807, 2.05) is 32.2 Å². The summed E-state index contributed by atoms with van der Waals surface area (Å²) < 4.78 is 10.7. The molecule has 0 amide bonds. The summed E-state index contributed by atoms with van der Waals surface area (Å²) >= 11 is 1.63. The zero-order chi connectivity index (χ0) is 17.4. The summed E-state index contributed by atoms with van der Waals surface area (Å²) in [6.07, 6.45) is 2.67. The lowest BCUT2D eigenvalue weighted by atomic mass is 9.97. The lowest BCUT2D eigenvalue weighted by molar-refractivity contribution is -0.142. The fraction of sp³-hybridized carbons (Fsp3) is 0.588. The monoisotopic (exact) mass is 341 g/mol. The molecule has 6 heteroatoms. The normalized spacial score (nSPS) is 12.3. The third-order valence-electron chi connectivity index (χ3n) is 3.60. The number of aliphatic carboxylic acids is 1. The number of rotatable bonds is 10. The molecule has 0 saturated carbocycles. The summed E-state index contributed by atoms with van der Waals surface area (Å²) in [6.45, 7) is 5.13. The van der Waals surface area contributed by atoms with Crippen molar-refractivity contribution < 1.29 is 19.4 Å². The maximum atomic E-state index is 11.3. The fourth-order valence-corrected chi connectivity index (χ4v) is 3.07. The van der Waals surface area contributed by atoms with Gasteiger partial charge in [0.2, 0.25) is 0 Å². The third kappa shape index (κ3) is 5.95. The van der Waals surface area contributed by atoms with Crippen LogP contribution in [0.1, 0.15) is 25.8 Å². The second kappa shape index (κ2) is 9.67. The Hall–Kier alpha value is -1.40. The van der Waals surface area contributed by atoms with Crippen LogP contribution >= 0.6 is 11.8 Å². The van der Waals surface area contributed by atoms with E-state index in [1.54, 1.807) is 26.0 Å². The molecule has 2 N–H and O–H groups in total. The van der Waals surface area contributed by atoms with Crippen molar-refractivity contribution in [3.63, 3.8) is 0 Å². The number of carboxylic acid groups (broad SMARTS) is 1. The lowest BCUT2D eigenvalue weighted by Crippen LogP contribution is -2.29. The first-order valence-electron chi connectivity index (χ1n) is 7.65. The second-order valence-electron chi connectivity index (χ2n) is 5.81. The Morgan fingerprint density at radius 1 is 1.26 bits per heavy atom. The van der Waals surface area contributed by atoms with Crippen LogP contribution in [0.15, 0.2) is 17.0 Å². The zero-order valence-electron chi connectivity index (χ0n) is 14.5. The molecule has 0 fully saturated rings. The Balaban J connectivity index is 2.78. The molecule has 0 aliphatic heterocycles. The number of hydrogen-bond acceptors (Lipinski definition) is 5. The van der Waals surface area contributed by atoms with E-state index < -0.39 is 5.97 Å². The Morgan fingerprint density at radius 3 is 2.35 bits per heavy atom. The van der Waals surface area contributed by atoms with E-state index in [0.717, 1.165) is 10.5 Å². The minimum Gasteiger partial charge on any atom is -0.493 e. The summed E-state index contributed by atoms with van der Waals surface area (Å²) in [5.74, 6) is 0.625. The number of hydrogen-bond donors (Lipinski definition) is 2. The molecular weight excluding hydrogens is 314 g/mol. The van der Waals surface area contributed by atoms with Gasteiger partial charge in [0.1, 0.15) is 0 Å². The smallest absolute Gasteiger partial charge is 0.307 e. The molecule has 0 heterocycles. The summed E-state index contributed by atoms with van der Waals surface area (Å²) in [7, 11) is 3.22. The lowest BCUT2D eigenvalue weighted by Gasteiger charge is -2.17. The molecule has 0 aromatic heterocycles. The number of thioether (sulfide) groups is 1. The van der Waals surface area contributed by atoms with Crippen molar-refractivity contribution in [1.82, 2.24) is 5.32 Å². The van der Waals surface area contributed by atoms with Gasteiger partial charge >= 0.3 is 5.97 Å². The van der Waals surface area contributed by atoms with Crippen molar-refractivity contribution >= 4 is 17.7 Å². The van der Waals surface area contributed by atoms with Crippen LogP contribution in [0.25, 0.3) is 0 Å². The van der Waals surface area contributed by atoms with Gasteiger partial charge in [-0.25, -0.2) is 0 Å². The first-order valence-corrected chi connectivity index (χ1v) is 8.87. The minimum atomic E-state index is -0.747. The number of carbonyl (C=O) groups is 1. The van der Waals surface area contributed by atoms with Gasteiger partial charge in [0.05, 0.1) is 20.1 Å². The first-order chi connectivity index (χ1) is 10.9. The van der Waals surface area contributed by atoms with Crippen LogP contribution in [-0.2, 0) is 11.3 Å². The average molecular weight is 341 g/mol. The number of nitrogens with one attached hydrogen (secondary N) is 1. The molecule has 0 saturated heterocycles. The third-order valence-corrected chi connectivity index (χ3v) is 4.42. The molecular formula is C17H27NO4S. The SMILES string of the molecule is COc1cc(CNCC(CC(C)C)C(=O)O)c(SC)cc1OC. The second-order valence-corrected chi connectivity index (χ2v) is 6.66. The minimum absolute atomic E-state index is 0.362. The van der Waals surface area contributed by atoms with E-state index in [4.69, 9.17) is 9.47 Å². The summed E-state index contributed by atoms with van der Waals surface area (Å²) in [4.78, 5) is 12.4. The Bertz CT molecular complexity index is 520. The zero-order valence-corrected chi connectivity index (χ0v) is 15.3. The number of benzene rings is 1. The Morgan fingerprint density at radius 2 is 1.87 bits per heavy atom. The molecule has 1 rings (SSSR count).